The standard InChI is InChI=1S/C9H17N3O5/c1-5(13)7(14)12-6(8(15)16)3-2-4-11-9(10)17/h5-6,13H,2-4H2,1H3,(H,12,14)(H,15,16)(H3,10,11,17)/t5-,6-/m0/s1. The molecule has 8 nitrogen and oxygen atoms in total. The van der Waals surface area contributed by atoms with Crippen LogP contribution >= 0.6 is 0 Å². The number of aliphatic carboxylic acids is 1. The lowest BCUT2D eigenvalue weighted by Crippen LogP contribution is -2.45. The summed E-state index contributed by atoms with van der Waals surface area (Å²) in [4.78, 5) is 32.2. The van der Waals surface area contributed by atoms with Crippen molar-refractivity contribution in [2.24, 2.45) is 5.73 Å². The summed E-state index contributed by atoms with van der Waals surface area (Å²) in [6, 6.07) is -1.78. The molecule has 0 saturated carbocycles. The molecule has 0 fully saturated rings. The van der Waals surface area contributed by atoms with E-state index in [1.54, 1.807) is 0 Å². The lowest BCUT2D eigenvalue weighted by Gasteiger charge is -2.15. The second-order valence-corrected chi connectivity index (χ2v) is 3.51. The molecule has 0 aliphatic carbocycles. The predicted octanol–water partition coefficient (Wildman–Crippen LogP) is -1.61. The Hall–Kier alpha value is -1.83. The van der Waals surface area contributed by atoms with Crippen molar-refractivity contribution in [3.8, 4) is 0 Å². The van der Waals surface area contributed by atoms with Crippen LogP contribution in [0.1, 0.15) is 19.8 Å². The molecule has 6 N–H and O–H groups in total. The fraction of sp³-hybridized carbons (Fsp3) is 0.667. The molecule has 0 aromatic heterocycles. The number of aliphatic hydroxyl groups excluding tert-OH is 1. The number of nitrogens with two attached hydrogens (primary N) is 1. The predicted molar refractivity (Wildman–Crippen MR) is 58.1 cm³/mol. The van der Waals surface area contributed by atoms with Gasteiger partial charge in [0.15, 0.2) is 0 Å². The van der Waals surface area contributed by atoms with Gasteiger partial charge in [-0.15, -0.1) is 0 Å². The molecule has 0 bridgehead atoms. The number of aliphatic hydroxyl groups is 1. The lowest BCUT2D eigenvalue weighted by atomic mass is 10.1. The quantitative estimate of drug-likeness (QED) is 0.344. The van der Waals surface area contributed by atoms with Crippen molar-refractivity contribution in [2.45, 2.75) is 31.9 Å². The highest BCUT2D eigenvalue weighted by Crippen LogP contribution is 1.98. The zero-order chi connectivity index (χ0) is 13.4. The first-order valence-electron chi connectivity index (χ1n) is 5.09. The summed E-state index contributed by atoms with van der Waals surface area (Å²) in [6.07, 6.45) is -0.783. The smallest absolute Gasteiger partial charge is 0.326 e. The minimum Gasteiger partial charge on any atom is -0.480 e. The number of nitrogens with one attached hydrogen (secondary N) is 2. The first-order chi connectivity index (χ1) is 7.84. The number of hydrogen-bond acceptors (Lipinski definition) is 4. The van der Waals surface area contributed by atoms with Crippen molar-refractivity contribution in [3.05, 3.63) is 0 Å². The Morgan fingerprint density at radius 1 is 1.35 bits per heavy atom. The molecule has 0 heterocycles. The van der Waals surface area contributed by atoms with Crippen LogP contribution in [0.5, 0.6) is 0 Å². The summed E-state index contributed by atoms with van der Waals surface area (Å²) < 4.78 is 0. The van der Waals surface area contributed by atoms with Gasteiger partial charge in [0, 0.05) is 6.54 Å². The maximum atomic E-state index is 11.1. The Morgan fingerprint density at radius 3 is 2.35 bits per heavy atom. The van der Waals surface area contributed by atoms with Crippen molar-refractivity contribution in [2.75, 3.05) is 6.54 Å². The monoisotopic (exact) mass is 247 g/mol. The second-order valence-electron chi connectivity index (χ2n) is 3.51. The van der Waals surface area contributed by atoms with Crippen molar-refractivity contribution < 1.29 is 24.6 Å². The number of carbonyl (C=O) groups is 3. The van der Waals surface area contributed by atoms with Crippen LogP contribution in [0.4, 0.5) is 4.79 Å². The van der Waals surface area contributed by atoms with Crippen LogP contribution in [0.15, 0.2) is 0 Å². The second kappa shape index (κ2) is 7.44. The van der Waals surface area contributed by atoms with E-state index in [9.17, 15) is 14.4 Å². The third kappa shape index (κ3) is 7.12. The van der Waals surface area contributed by atoms with Gasteiger partial charge in [-0.3, -0.25) is 4.79 Å². The van der Waals surface area contributed by atoms with Crippen LogP contribution in [0.3, 0.4) is 0 Å². The number of primary amides is 1. The highest BCUT2D eigenvalue weighted by atomic mass is 16.4. The molecule has 0 rings (SSSR count). The lowest BCUT2D eigenvalue weighted by molar-refractivity contribution is -0.143. The summed E-state index contributed by atoms with van der Waals surface area (Å²) in [7, 11) is 0. The topological polar surface area (TPSA) is 142 Å². The zero-order valence-corrected chi connectivity index (χ0v) is 9.47. The number of hydrogen-bond donors (Lipinski definition) is 5. The fourth-order valence-electron chi connectivity index (χ4n) is 1.07. The van der Waals surface area contributed by atoms with Gasteiger partial charge < -0.3 is 26.6 Å². The van der Waals surface area contributed by atoms with Crippen molar-refractivity contribution in [3.63, 3.8) is 0 Å². The SMILES string of the molecule is C[C@H](O)C(=O)N[C@@H](CCCNC(N)=O)C(=O)O. The van der Waals surface area contributed by atoms with Gasteiger partial charge in [-0.2, -0.15) is 0 Å². The molecular weight excluding hydrogens is 230 g/mol. The van der Waals surface area contributed by atoms with Gasteiger partial charge >= 0.3 is 12.0 Å². The normalized spacial score (nSPS) is 13.5. The molecule has 0 radical (unpaired) electrons. The summed E-state index contributed by atoms with van der Waals surface area (Å²) in [5, 5.41) is 22.2. The van der Waals surface area contributed by atoms with Crippen molar-refractivity contribution in [1.29, 1.82) is 0 Å². The first-order valence-corrected chi connectivity index (χ1v) is 5.09. The summed E-state index contributed by atoms with van der Waals surface area (Å²) in [5.74, 6) is -1.95. The first kappa shape index (κ1) is 15.2. The van der Waals surface area contributed by atoms with E-state index >= 15 is 0 Å². The van der Waals surface area contributed by atoms with Gasteiger partial charge in [-0.1, -0.05) is 0 Å². The summed E-state index contributed by atoms with van der Waals surface area (Å²) >= 11 is 0. The minimum atomic E-state index is -1.26. The third-order valence-electron chi connectivity index (χ3n) is 1.96. The number of amides is 3. The molecule has 17 heavy (non-hydrogen) atoms. The Morgan fingerprint density at radius 2 is 1.94 bits per heavy atom. The molecule has 0 unspecified atom stereocenters. The molecular formula is C9H17N3O5. The highest BCUT2D eigenvalue weighted by Gasteiger charge is 2.21. The molecule has 0 aromatic carbocycles. The van der Waals surface area contributed by atoms with E-state index in [1.807, 2.05) is 0 Å². The average Bonchev–Trinajstić information content (AvgIpc) is 2.21. The van der Waals surface area contributed by atoms with Gasteiger partial charge in [0.1, 0.15) is 12.1 Å². The van der Waals surface area contributed by atoms with Crippen LogP contribution in [0.2, 0.25) is 0 Å². The van der Waals surface area contributed by atoms with Crippen molar-refractivity contribution >= 4 is 17.9 Å². The van der Waals surface area contributed by atoms with Crippen LogP contribution in [0, 0.1) is 0 Å². The van der Waals surface area contributed by atoms with Gasteiger partial charge in [0.2, 0.25) is 5.91 Å². The van der Waals surface area contributed by atoms with Crippen molar-refractivity contribution in [1.82, 2.24) is 10.6 Å². The Bertz CT molecular complexity index is 292. The molecule has 2 atom stereocenters. The molecule has 8 heteroatoms. The van der Waals surface area contributed by atoms with Crippen LogP contribution < -0.4 is 16.4 Å². The number of carboxylic acid groups (broad SMARTS) is 1. The molecule has 0 aliphatic rings. The van der Waals surface area contributed by atoms with Gasteiger partial charge in [0.25, 0.3) is 0 Å². The van der Waals surface area contributed by atoms with E-state index in [-0.39, 0.29) is 13.0 Å². The van der Waals surface area contributed by atoms with Crippen LogP contribution in [-0.4, -0.2) is 46.8 Å². The summed E-state index contributed by atoms with van der Waals surface area (Å²) in [5.41, 5.74) is 4.82. The highest BCUT2D eigenvalue weighted by molar-refractivity contribution is 5.85. The van der Waals surface area contributed by atoms with E-state index in [2.05, 4.69) is 10.6 Å². The van der Waals surface area contributed by atoms with E-state index in [1.165, 1.54) is 6.92 Å². The summed E-state index contributed by atoms with van der Waals surface area (Å²) in [6.45, 7) is 1.46. The zero-order valence-electron chi connectivity index (χ0n) is 9.47. The van der Waals surface area contributed by atoms with Crippen LogP contribution in [0.25, 0.3) is 0 Å². The fourth-order valence-corrected chi connectivity index (χ4v) is 1.07. The van der Waals surface area contributed by atoms with E-state index in [0.29, 0.717) is 6.42 Å². The van der Waals surface area contributed by atoms with Crippen LogP contribution in [-0.2, 0) is 9.59 Å². The number of carbonyl (C=O) groups excluding carboxylic acids is 2. The maximum absolute atomic E-state index is 11.1. The average molecular weight is 247 g/mol. The molecule has 98 valence electrons. The third-order valence-corrected chi connectivity index (χ3v) is 1.96. The van der Waals surface area contributed by atoms with Gasteiger partial charge in [-0.25, -0.2) is 9.59 Å². The molecule has 0 aliphatic heterocycles. The molecule has 0 spiro atoms. The van der Waals surface area contributed by atoms with E-state index < -0.39 is 30.1 Å². The Balaban J connectivity index is 4.04. The van der Waals surface area contributed by atoms with Gasteiger partial charge in [0.05, 0.1) is 0 Å². The number of rotatable bonds is 7. The molecule has 0 saturated heterocycles. The maximum Gasteiger partial charge on any atom is 0.326 e. The van der Waals surface area contributed by atoms with Gasteiger partial charge in [-0.05, 0) is 19.8 Å². The van der Waals surface area contributed by atoms with E-state index in [4.69, 9.17) is 15.9 Å². The number of urea groups is 1. The Kier molecular flexibility index (Phi) is 6.64. The van der Waals surface area contributed by atoms with E-state index in [0.717, 1.165) is 0 Å². The molecule has 3 amide bonds. The molecule has 0 aromatic rings. The Labute approximate surface area is 98.2 Å². The largest absolute Gasteiger partial charge is 0.480 e. The number of carboxylic acids is 1. The minimum absolute atomic E-state index is 0.133.